The second-order valence-electron chi connectivity index (χ2n) is 4.02. The van der Waals surface area contributed by atoms with E-state index < -0.39 is 0 Å². The predicted octanol–water partition coefficient (Wildman–Crippen LogP) is 1.90. The summed E-state index contributed by atoms with van der Waals surface area (Å²) >= 11 is 4.92. The predicted molar refractivity (Wildman–Crippen MR) is 74.8 cm³/mol. The molecule has 0 spiro atoms. The number of aryl methyl sites for hydroxylation is 1. The molecule has 18 heavy (non-hydrogen) atoms. The second-order valence-corrected chi connectivity index (χ2v) is 4.46. The lowest BCUT2D eigenvalue weighted by atomic mass is 10.2. The summed E-state index contributed by atoms with van der Waals surface area (Å²) < 4.78 is 7.49. The normalized spacial score (nSPS) is 10.3. The van der Waals surface area contributed by atoms with Crippen LogP contribution in [0.5, 0.6) is 5.75 Å². The minimum atomic E-state index is 0.378. The first-order valence-electron chi connectivity index (χ1n) is 5.67. The standard InChI is InChI=1S/C13H15N3OS/c1-10-8-15-16(9-10)5-6-17-12-4-2-3-11(7-12)13(14)18/h2-4,7-9H,5-6H2,1H3,(H2,14,18). The quantitative estimate of drug-likeness (QED) is 0.835. The van der Waals surface area contributed by atoms with Gasteiger partial charge in [0.25, 0.3) is 0 Å². The number of rotatable bonds is 5. The molecule has 1 heterocycles. The molecule has 2 N–H and O–H groups in total. The number of aromatic nitrogens is 2. The van der Waals surface area contributed by atoms with Crippen LogP contribution in [0.4, 0.5) is 0 Å². The molecular weight excluding hydrogens is 246 g/mol. The monoisotopic (exact) mass is 261 g/mol. The van der Waals surface area contributed by atoms with Crippen molar-refractivity contribution in [1.82, 2.24) is 9.78 Å². The molecular formula is C13H15N3OS. The van der Waals surface area contributed by atoms with Gasteiger partial charge in [0, 0.05) is 11.8 Å². The zero-order chi connectivity index (χ0) is 13.0. The van der Waals surface area contributed by atoms with Crippen molar-refractivity contribution in [2.45, 2.75) is 13.5 Å². The largest absolute Gasteiger partial charge is 0.492 e. The van der Waals surface area contributed by atoms with Gasteiger partial charge in [0.15, 0.2) is 0 Å². The maximum Gasteiger partial charge on any atom is 0.120 e. The molecule has 0 aliphatic heterocycles. The molecule has 0 atom stereocenters. The van der Waals surface area contributed by atoms with Crippen molar-refractivity contribution in [3.8, 4) is 5.75 Å². The van der Waals surface area contributed by atoms with E-state index in [1.165, 1.54) is 0 Å². The van der Waals surface area contributed by atoms with Gasteiger partial charge in [-0.2, -0.15) is 5.10 Å². The van der Waals surface area contributed by atoms with E-state index in [1.54, 1.807) is 0 Å². The molecule has 1 aromatic heterocycles. The number of nitrogens with zero attached hydrogens (tertiary/aromatic N) is 2. The summed E-state index contributed by atoms with van der Waals surface area (Å²) in [6, 6.07) is 7.47. The van der Waals surface area contributed by atoms with Crippen LogP contribution in [-0.2, 0) is 6.54 Å². The van der Waals surface area contributed by atoms with E-state index in [0.29, 0.717) is 18.1 Å². The number of hydrogen-bond acceptors (Lipinski definition) is 3. The van der Waals surface area contributed by atoms with Gasteiger partial charge >= 0.3 is 0 Å². The second kappa shape index (κ2) is 5.64. The average molecular weight is 261 g/mol. The lowest BCUT2D eigenvalue weighted by Crippen LogP contribution is -2.11. The highest BCUT2D eigenvalue weighted by atomic mass is 32.1. The van der Waals surface area contributed by atoms with Gasteiger partial charge < -0.3 is 10.5 Å². The molecule has 0 fully saturated rings. The van der Waals surface area contributed by atoms with Crippen molar-refractivity contribution in [2.75, 3.05) is 6.61 Å². The fourth-order valence-corrected chi connectivity index (χ4v) is 1.71. The smallest absolute Gasteiger partial charge is 0.120 e. The highest BCUT2D eigenvalue weighted by Crippen LogP contribution is 2.13. The molecule has 94 valence electrons. The molecule has 2 rings (SSSR count). The molecule has 0 unspecified atom stereocenters. The Labute approximate surface area is 111 Å². The first-order chi connectivity index (χ1) is 8.65. The lowest BCUT2D eigenvalue weighted by molar-refractivity contribution is 0.291. The van der Waals surface area contributed by atoms with Crippen LogP contribution in [0.3, 0.4) is 0 Å². The third-order valence-corrected chi connectivity index (χ3v) is 2.71. The van der Waals surface area contributed by atoms with Crippen LogP contribution in [0.2, 0.25) is 0 Å². The molecule has 0 saturated carbocycles. The topological polar surface area (TPSA) is 53.1 Å². The van der Waals surface area contributed by atoms with Gasteiger partial charge in [-0.1, -0.05) is 24.4 Å². The molecule has 0 aliphatic carbocycles. The Morgan fingerprint density at radius 2 is 2.33 bits per heavy atom. The van der Waals surface area contributed by atoms with Crippen LogP contribution in [0, 0.1) is 6.92 Å². The summed E-state index contributed by atoms with van der Waals surface area (Å²) in [6.07, 6.45) is 3.81. The van der Waals surface area contributed by atoms with Crippen molar-refractivity contribution in [3.05, 3.63) is 47.8 Å². The van der Waals surface area contributed by atoms with Gasteiger partial charge in [-0.3, -0.25) is 4.68 Å². The number of ether oxygens (including phenoxy) is 1. The maximum absolute atomic E-state index is 5.63. The van der Waals surface area contributed by atoms with E-state index in [0.717, 1.165) is 16.9 Å². The third kappa shape index (κ3) is 3.30. The van der Waals surface area contributed by atoms with Crippen molar-refractivity contribution in [3.63, 3.8) is 0 Å². The zero-order valence-electron chi connectivity index (χ0n) is 10.2. The Hall–Kier alpha value is -1.88. The van der Waals surface area contributed by atoms with E-state index in [1.807, 2.05) is 48.3 Å². The van der Waals surface area contributed by atoms with Crippen molar-refractivity contribution >= 4 is 17.2 Å². The lowest BCUT2D eigenvalue weighted by Gasteiger charge is -2.07. The van der Waals surface area contributed by atoms with E-state index in [2.05, 4.69) is 5.10 Å². The van der Waals surface area contributed by atoms with Gasteiger partial charge in [0.1, 0.15) is 17.3 Å². The van der Waals surface area contributed by atoms with Crippen LogP contribution >= 0.6 is 12.2 Å². The van der Waals surface area contributed by atoms with Gasteiger partial charge in [-0.05, 0) is 24.6 Å². The van der Waals surface area contributed by atoms with Gasteiger partial charge in [-0.25, -0.2) is 0 Å². The molecule has 0 bridgehead atoms. The summed E-state index contributed by atoms with van der Waals surface area (Å²) in [4.78, 5) is 0.378. The average Bonchev–Trinajstić information content (AvgIpc) is 2.75. The highest BCUT2D eigenvalue weighted by molar-refractivity contribution is 7.80. The number of thiocarbonyl (C=S) groups is 1. The maximum atomic E-state index is 5.63. The number of hydrogen-bond donors (Lipinski definition) is 1. The summed E-state index contributed by atoms with van der Waals surface area (Å²) in [6.45, 7) is 3.28. The molecule has 4 nitrogen and oxygen atoms in total. The van der Waals surface area contributed by atoms with E-state index in [9.17, 15) is 0 Å². The van der Waals surface area contributed by atoms with Crippen LogP contribution in [0.1, 0.15) is 11.1 Å². The van der Waals surface area contributed by atoms with Crippen molar-refractivity contribution in [2.24, 2.45) is 5.73 Å². The van der Waals surface area contributed by atoms with Crippen LogP contribution < -0.4 is 10.5 Å². The minimum absolute atomic E-state index is 0.378. The van der Waals surface area contributed by atoms with E-state index in [-0.39, 0.29) is 0 Å². The van der Waals surface area contributed by atoms with Crippen molar-refractivity contribution < 1.29 is 4.74 Å². The zero-order valence-corrected chi connectivity index (χ0v) is 11.0. The van der Waals surface area contributed by atoms with Crippen LogP contribution in [0.25, 0.3) is 0 Å². The molecule has 0 radical (unpaired) electrons. The molecule has 1 aromatic carbocycles. The summed E-state index contributed by atoms with van der Waals surface area (Å²) in [7, 11) is 0. The van der Waals surface area contributed by atoms with Gasteiger partial charge in [-0.15, -0.1) is 0 Å². The summed E-state index contributed by atoms with van der Waals surface area (Å²) in [5.74, 6) is 0.768. The first kappa shape index (κ1) is 12.6. The Morgan fingerprint density at radius 3 is 3.00 bits per heavy atom. The fourth-order valence-electron chi connectivity index (χ4n) is 1.59. The van der Waals surface area contributed by atoms with Gasteiger partial charge in [0.05, 0.1) is 12.7 Å². The minimum Gasteiger partial charge on any atom is -0.492 e. The van der Waals surface area contributed by atoms with E-state index in [4.69, 9.17) is 22.7 Å². The number of benzene rings is 1. The first-order valence-corrected chi connectivity index (χ1v) is 6.08. The Morgan fingerprint density at radius 1 is 1.50 bits per heavy atom. The Kier molecular flexibility index (Phi) is 3.94. The number of nitrogens with two attached hydrogens (primary N) is 1. The van der Waals surface area contributed by atoms with Crippen molar-refractivity contribution in [1.29, 1.82) is 0 Å². The SMILES string of the molecule is Cc1cnn(CCOc2cccc(C(N)=S)c2)c1. The Bertz CT molecular complexity index is 551. The molecule has 0 aliphatic rings. The molecule has 0 amide bonds. The summed E-state index contributed by atoms with van der Waals surface area (Å²) in [5.41, 5.74) is 7.53. The highest BCUT2D eigenvalue weighted by Gasteiger charge is 2.00. The fraction of sp³-hybridized carbons (Fsp3) is 0.231. The van der Waals surface area contributed by atoms with Gasteiger partial charge in [0.2, 0.25) is 0 Å². The Balaban J connectivity index is 1.90. The third-order valence-electron chi connectivity index (χ3n) is 2.47. The molecule has 5 heteroatoms. The van der Waals surface area contributed by atoms with E-state index >= 15 is 0 Å². The van der Waals surface area contributed by atoms with Crippen LogP contribution in [-0.4, -0.2) is 21.4 Å². The summed E-state index contributed by atoms with van der Waals surface area (Å²) in [5, 5.41) is 4.19. The molecule has 2 aromatic rings. The van der Waals surface area contributed by atoms with Crippen LogP contribution in [0.15, 0.2) is 36.7 Å². The molecule has 0 saturated heterocycles.